The van der Waals surface area contributed by atoms with E-state index in [4.69, 9.17) is 9.84 Å². The molecule has 1 aromatic carbocycles. The summed E-state index contributed by atoms with van der Waals surface area (Å²) >= 11 is 0. The number of carbonyl (C=O) groups is 1. The maximum atomic E-state index is 10.6. The van der Waals surface area contributed by atoms with E-state index in [0.29, 0.717) is 11.3 Å². The van der Waals surface area contributed by atoms with Crippen molar-refractivity contribution >= 4 is 5.97 Å². The topological polar surface area (TPSA) is 46.5 Å². The van der Waals surface area contributed by atoms with E-state index < -0.39 is 5.97 Å². The third kappa shape index (κ3) is 3.09. The van der Waals surface area contributed by atoms with E-state index in [0.717, 1.165) is 0 Å². The number of para-hydroxylation sites is 1. The lowest BCUT2D eigenvalue weighted by atomic mass is 10.1. The number of aliphatic carboxylic acids is 1. The standard InChI is InChI=1S/C11H14O3/c1-8(2)14-10-6-4-3-5-9(10)7-11(12)13/h3-6,8H,7H2,1-2H3,(H,12,13). The highest BCUT2D eigenvalue weighted by Gasteiger charge is 2.07. The maximum absolute atomic E-state index is 10.6. The molecule has 0 spiro atoms. The van der Waals surface area contributed by atoms with Crippen molar-refractivity contribution in [3.05, 3.63) is 29.8 Å². The Kier molecular flexibility index (Phi) is 3.51. The van der Waals surface area contributed by atoms with Crippen molar-refractivity contribution in [2.75, 3.05) is 0 Å². The fraction of sp³-hybridized carbons (Fsp3) is 0.364. The van der Waals surface area contributed by atoms with Gasteiger partial charge >= 0.3 is 5.97 Å². The first-order valence-corrected chi connectivity index (χ1v) is 4.56. The molecule has 3 nitrogen and oxygen atoms in total. The van der Waals surface area contributed by atoms with Gasteiger partial charge in [0.1, 0.15) is 5.75 Å². The Morgan fingerprint density at radius 3 is 2.64 bits per heavy atom. The predicted molar refractivity (Wildman–Crippen MR) is 53.5 cm³/mol. The molecule has 3 heteroatoms. The molecule has 0 atom stereocenters. The minimum absolute atomic E-state index is 0.00287. The summed E-state index contributed by atoms with van der Waals surface area (Å²) in [6, 6.07) is 7.21. The van der Waals surface area contributed by atoms with Crippen LogP contribution in [0, 0.1) is 0 Å². The third-order valence-electron chi connectivity index (χ3n) is 1.68. The third-order valence-corrected chi connectivity index (χ3v) is 1.68. The molecule has 1 rings (SSSR count). The normalized spacial score (nSPS) is 10.2. The summed E-state index contributed by atoms with van der Waals surface area (Å²) in [7, 11) is 0. The number of hydrogen-bond donors (Lipinski definition) is 1. The van der Waals surface area contributed by atoms with E-state index in [1.807, 2.05) is 26.0 Å². The molecule has 0 saturated carbocycles. The lowest BCUT2D eigenvalue weighted by molar-refractivity contribution is -0.136. The highest BCUT2D eigenvalue weighted by atomic mass is 16.5. The van der Waals surface area contributed by atoms with Gasteiger partial charge in [-0.15, -0.1) is 0 Å². The molecule has 0 saturated heterocycles. The van der Waals surface area contributed by atoms with Crippen molar-refractivity contribution in [3.63, 3.8) is 0 Å². The lowest BCUT2D eigenvalue weighted by Gasteiger charge is -2.12. The lowest BCUT2D eigenvalue weighted by Crippen LogP contribution is -2.09. The first-order valence-electron chi connectivity index (χ1n) is 4.56. The Balaban J connectivity index is 2.85. The zero-order valence-electron chi connectivity index (χ0n) is 8.36. The van der Waals surface area contributed by atoms with Crippen molar-refractivity contribution < 1.29 is 14.6 Å². The van der Waals surface area contributed by atoms with E-state index in [1.165, 1.54) is 0 Å². The van der Waals surface area contributed by atoms with Crippen LogP contribution in [-0.4, -0.2) is 17.2 Å². The van der Waals surface area contributed by atoms with E-state index >= 15 is 0 Å². The molecule has 0 amide bonds. The number of ether oxygens (including phenoxy) is 1. The number of carboxylic acid groups (broad SMARTS) is 1. The van der Waals surface area contributed by atoms with E-state index in [-0.39, 0.29) is 12.5 Å². The zero-order valence-corrected chi connectivity index (χ0v) is 8.36. The molecule has 76 valence electrons. The van der Waals surface area contributed by atoms with E-state index in [1.54, 1.807) is 12.1 Å². The van der Waals surface area contributed by atoms with Crippen LogP contribution in [0.1, 0.15) is 19.4 Å². The first-order chi connectivity index (χ1) is 6.59. The van der Waals surface area contributed by atoms with Gasteiger partial charge in [-0.3, -0.25) is 4.79 Å². The number of carboxylic acids is 1. The molecule has 14 heavy (non-hydrogen) atoms. The molecule has 1 N–H and O–H groups in total. The molecule has 0 aromatic heterocycles. The van der Waals surface area contributed by atoms with Gasteiger partial charge in [0.15, 0.2) is 0 Å². The summed E-state index contributed by atoms with van der Waals surface area (Å²) < 4.78 is 5.48. The number of hydrogen-bond acceptors (Lipinski definition) is 2. The van der Waals surface area contributed by atoms with E-state index in [9.17, 15) is 4.79 Å². The van der Waals surface area contributed by atoms with Crippen LogP contribution in [0.3, 0.4) is 0 Å². The summed E-state index contributed by atoms with van der Waals surface area (Å²) in [5.41, 5.74) is 0.716. The van der Waals surface area contributed by atoms with Gasteiger partial charge in [-0.1, -0.05) is 18.2 Å². The highest BCUT2D eigenvalue weighted by Crippen LogP contribution is 2.19. The Bertz CT molecular complexity index is 318. The Hall–Kier alpha value is -1.51. The number of benzene rings is 1. The van der Waals surface area contributed by atoms with Crippen LogP contribution >= 0.6 is 0 Å². The predicted octanol–water partition coefficient (Wildman–Crippen LogP) is 2.10. The SMILES string of the molecule is CC(C)Oc1ccccc1CC(=O)O. The average molecular weight is 194 g/mol. The van der Waals surface area contributed by atoms with Crippen LogP contribution in [0.15, 0.2) is 24.3 Å². The minimum Gasteiger partial charge on any atom is -0.491 e. The highest BCUT2D eigenvalue weighted by molar-refractivity contribution is 5.71. The summed E-state index contributed by atoms with van der Waals surface area (Å²) in [5.74, 6) is -0.185. The molecule has 0 fully saturated rings. The van der Waals surface area contributed by atoms with E-state index in [2.05, 4.69) is 0 Å². The Morgan fingerprint density at radius 2 is 2.07 bits per heavy atom. The van der Waals surface area contributed by atoms with Gasteiger partial charge in [0.2, 0.25) is 0 Å². The van der Waals surface area contributed by atoms with Gasteiger partial charge in [-0.05, 0) is 19.9 Å². The zero-order chi connectivity index (χ0) is 10.6. The van der Waals surface area contributed by atoms with Crippen molar-refractivity contribution in [1.29, 1.82) is 0 Å². The van der Waals surface area contributed by atoms with Crippen molar-refractivity contribution in [3.8, 4) is 5.75 Å². The average Bonchev–Trinajstić information content (AvgIpc) is 2.06. The second-order valence-electron chi connectivity index (χ2n) is 3.34. The molecule has 0 aliphatic carbocycles. The molecule has 1 aromatic rings. The summed E-state index contributed by atoms with van der Waals surface area (Å²) in [4.78, 5) is 10.6. The van der Waals surface area contributed by atoms with Gasteiger partial charge < -0.3 is 9.84 Å². The molecule has 0 aliphatic heterocycles. The molecular weight excluding hydrogens is 180 g/mol. The van der Waals surface area contributed by atoms with Crippen molar-refractivity contribution in [2.24, 2.45) is 0 Å². The quantitative estimate of drug-likeness (QED) is 0.798. The van der Waals surface area contributed by atoms with Crippen LogP contribution < -0.4 is 4.74 Å². The van der Waals surface area contributed by atoms with Crippen molar-refractivity contribution in [2.45, 2.75) is 26.4 Å². The van der Waals surface area contributed by atoms with Gasteiger partial charge in [-0.2, -0.15) is 0 Å². The monoisotopic (exact) mass is 194 g/mol. The number of rotatable bonds is 4. The minimum atomic E-state index is -0.843. The molecule has 0 unspecified atom stereocenters. The largest absolute Gasteiger partial charge is 0.491 e. The van der Waals surface area contributed by atoms with Crippen LogP contribution in [-0.2, 0) is 11.2 Å². The Labute approximate surface area is 83.3 Å². The summed E-state index contributed by atoms with van der Waals surface area (Å²) in [6.45, 7) is 3.83. The van der Waals surface area contributed by atoms with Gasteiger partial charge in [0.05, 0.1) is 12.5 Å². The summed E-state index contributed by atoms with van der Waals surface area (Å²) in [5, 5.41) is 8.67. The van der Waals surface area contributed by atoms with Gasteiger partial charge in [0.25, 0.3) is 0 Å². The van der Waals surface area contributed by atoms with Crippen LogP contribution in [0.4, 0.5) is 0 Å². The Morgan fingerprint density at radius 1 is 1.43 bits per heavy atom. The molecule has 0 bridgehead atoms. The van der Waals surface area contributed by atoms with Crippen LogP contribution in [0.25, 0.3) is 0 Å². The van der Waals surface area contributed by atoms with Crippen LogP contribution in [0.2, 0.25) is 0 Å². The molecule has 0 heterocycles. The first kappa shape index (κ1) is 10.6. The van der Waals surface area contributed by atoms with Gasteiger partial charge in [-0.25, -0.2) is 0 Å². The maximum Gasteiger partial charge on any atom is 0.307 e. The fourth-order valence-corrected chi connectivity index (χ4v) is 1.18. The fourth-order valence-electron chi connectivity index (χ4n) is 1.18. The second kappa shape index (κ2) is 4.65. The van der Waals surface area contributed by atoms with Crippen molar-refractivity contribution in [1.82, 2.24) is 0 Å². The molecular formula is C11H14O3. The molecule has 0 aliphatic rings. The van der Waals surface area contributed by atoms with Gasteiger partial charge in [0, 0.05) is 5.56 Å². The second-order valence-corrected chi connectivity index (χ2v) is 3.34. The smallest absolute Gasteiger partial charge is 0.307 e. The molecule has 0 radical (unpaired) electrons. The van der Waals surface area contributed by atoms with Crippen LogP contribution in [0.5, 0.6) is 5.75 Å². The summed E-state index contributed by atoms with van der Waals surface area (Å²) in [6.07, 6.45) is 0.0630.